The molecular formula is C17H13F3INO. The smallest absolute Gasteiger partial charge is 0.417 e. The summed E-state index contributed by atoms with van der Waals surface area (Å²) >= 11 is 1.70. The zero-order chi connectivity index (χ0) is 16.6. The van der Waals surface area contributed by atoms with Crippen LogP contribution < -0.4 is 0 Å². The van der Waals surface area contributed by atoms with Crippen LogP contribution in [0.3, 0.4) is 0 Å². The Bertz CT molecular complexity index is 743. The highest BCUT2D eigenvalue weighted by Gasteiger charge is 2.36. The maximum atomic E-state index is 13.0. The minimum atomic E-state index is -4.39. The van der Waals surface area contributed by atoms with Gasteiger partial charge in [0.1, 0.15) is 6.10 Å². The van der Waals surface area contributed by atoms with Crippen molar-refractivity contribution in [3.8, 4) is 0 Å². The number of halogens is 4. The minimum absolute atomic E-state index is 0.109. The van der Waals surface area contributed by atoms with Gasteiger partial charge in [0.15, 0.2) is 0 Å². The number of hydrogen-bond acceptors (Lipinski definition) is 2. The number of alkyl halides is 3. The van der Waals surface area contributed by atoms with Crippen LogP contribution in [0.25, 0.3) is 0 Å². The molecule has 2 aromatic carbocycles. The van der Waals surface area contributed by atoms with E-state index >= 15 is 0 Å². The second-order valence-corrected chi connectivity index (χ2v) is 6.37. The van der Waals surface area contributed by atoms with Gasteiger partial charge in [-0.05, 0) is 47.2 Å². The average molecular weight is 431 g/mol. The molecule has 2 nitrogen and oxygen atoms in total. The van der Waals surface area contributed by atoms with Gasteiger partial charge in [-0.25, -0.2) is 4.99 Å². The Labute approximate surface area is 145 Å². The molecule has 0 fully saturated rings. The highest BCUT2D eigenvalue weighted by Crippen LogP contribution is 2.37. The van der Waals surface area contributed by atoms with Gasteiger partial charge in [0.2, 0.25) is 5.90 Å². The monoisotopic (exact) mass is 431 g/mol. The van der Waals surface area contributed by atoms with Gasteiger partial charge in [-0.3, -0.25) is 0 Å². The molecule has 6 heteroatoms. The van der Waals surface area contributed by atoms with Gasteiger partial charge in [-0.2, -0.15) is 13.2 Å². The summed E-state index contributed by atoms with van der Waals surface area (Å²) in [7, 11) is 0. The Kier molecular flexibility index (Phi) is 4.35. The summed E-state index contributed by atoms with van der Waals surface area (Å²) in [5.74, 6) is 0.266. The van der Waals surface area contributed by atoms with Crippen molar-refractivity contribution in [2.45, 2.75) is 25.2 Å². The van der Waals surface area contributed by atoms with Gasteiger partial charge < -0.3 is 4.74 Å². The van der Waals surface area contributed by atoms with Crippen LogP contribution in [-0.2, 0) is 10.9 Å². The zero-order valence-electron chi connectivity index (χ0n) is 12.1. The predicted octanol–water partition coefficient (Wildman–Crippen LogP) is 5.22. The summed E-state index contributed by atoms with van der Waals surface area (Å²) in [5, 5.41) is 0. The molecule has 0 saturated heterocycles. The van der Waals surface area contributed by atoms with Crippen LogP contribution in [0.4, 0.5) is 13.2 Å². The maximum Gasteiger partial charge on any atom is 0.417 e. The van der Waals surface area contributed by atoms with Crippen molar-refractivity contribution in [1.82, 2.24) is 0 Å². The first-order valence-electron chi connectivity index (χ1n) is 7.03. The maximum absolute atomic E-state index is 13.0. The van der Waals surface area contributed by atoms with Crippen molar-refractivity contribution in [2.24, 2.45) is 4.99 Å². The first kappa shape index (κ1) is 16.3. The number of benzene rings is 2. The van der Waals surface area contributed by atoms with Crippen molar-refractivity contribution < 1.29 is 17.9 Å². The fourth-order valence-electron chi connectivity index (χ4n) is 2.54. The Morgan fingerprint density at radius 2 is 1.74 bits per heavy atom. The molecule has 0 spiro atoms. The molecule has 0 aliphatic carbocycles. The summed E-state index contributed by atoms with van der Waals surface area (Å²) in [6, 6.07) is 13.5. The number of nitrogens with zero attached hydrogens (tertiary/aromatic N) is 1. The first-order chi connectivity index (χ1) is 10.9. The average Bonchev–Trinajstić information content (AvgIpc) is 2.89. The third kappa shape index (κ3) is 3.22. The lowest BCUT2D eigenvalue weighted by atomic mass is 10.0. The van der Waals surface area contributed by atoms with Crippen molar-refractivity contribution in [2.75, 3.05) is 0 Å². The lowest BCUT2D eigenvalue weighted by Crippen LogP contribution is -2.14. The van der Waals surface area contributed by atoms with Gasteiger partial charge in [-0.15, -0.1) is 0 Å². The summed E-state index contributed by atoms with van der Waals surface area (Å²) in [6.07, 6.45) is -4.67. The van der Waals surface area contributed by atoms with Crippen molar-refractivity contribution in [1.29, 1.82) is 0 Å². The van der Waals surface area contributed by atoms with Crippen molar-refractivity contribution in [3.05, 3.63) is 68.8 Å². The van der Waals surface area contributed by atoms with E-state index < -0.39 is 11.7 Å². The molecule has 1 aliphatic heterocycles. The summed E-state index contributed by atoms with van der Waals surface area (Å²) < 4.78 is 45.1. The summed E-state index contributed by atoms with van der Waals surface area (Å²) in [6.45, 7) is 1.89. The van der Waals surface area contributed by atoms with Crippen LogP contribution in [0.5, 0.6) is 0 Å². The molecule has 0 amide bonds. The Balaban J connectivity index is 1.94. The lowest BCUT2D eigenvalue weighted by molar-refractivity contribution is -0.138. The predicted molar refractivity (Wildman–Crippen MR) is 90.4 cm³/mol. The summed E-state index contributed by atoms with van der Waals surface area (Å²) in [5.41, 5.74) is 0.671. The summed E-state index contributed by atoms with van der Waals surface area (Å²) in [4.78, 5) is 4.42. The van der Waals surface area contributed by atoms with E-state index in [2.05, 4.69) is 4.99 Å². The van der Waals surface area contributed by atoms with E-state index in [9.17, 15) is 13.2 Å². The van der Waals surface area contributed by atoms with E-state index in [0.29, 0.717) is 5.56 Å². The lowest BCUT2D eigenvalue weighted by Gasteiger charge is -2.16. The molecule has 1 heterocycles. The largest absolute Gasteiger partial charge is 0.467 e. The van der Waals surface area contributed by atoms with Gasteiger partial charge in [0.05, 0.1) is 17.2 Å². The van der Waals surface area contributed by atoms with Crippen LogP contribution in [0.2, 0.25) is 0 Å². The zero-order valence-corrected chi connectivity index (χ0v) is 14.3. The molecular weight excluding hydrogens is 418 g/mol. The molecule has 0 N–H and O–H groups in total. The van der Waals surface area contributed by atoms with Crippen LogP contribution in [0, 0.1) is 3.57 Å². The van der Waals surface area contributed by atoms with Gasteiger partial charge in [0.25, 0.3) is 0 Å². The molecule has 0 saturated carbocycles. The Hall–Kier alpha value is -1.57. The fraction of sp³-hybridized carbons (Fsp3) is 0.235. The van der Waals surface area contributed by atoms with Gasteiger partial charge >= 0.3 is 6.18 Å². The number of ether oxygens (including phenoxy) is 1. The second kappa shape index (κ2) is 6.14. The quantitative estimate of drug-likeness (QED) is 0.598. The van der Waals surface area contributed by atoms with Crippen molar-refractivity contribution >= 4 is 28.5 Å². The topological polar surface area (TPSA) is 21.6 Å². The molecule has 0 unspecified atom stereocenters. The molecule has 0 aromatic heterocycles. The van der Waals surface area contributed by atoms with E-state index in [1.807, 2.05) is 37.3 Å². The first-order valence-corrected chi connectivity index (χ1v) is 8.11. The van der Waals surface area contributed by atoms with Crippen LogP contribution in [-0.4, -0.2) is 11.9 Å². The second-order valence-electron chi connectivity index (χ2n) is 5.29. The normalized spacial score (nSPS) is 21.0. The molecule has 1 aliphatic rings. The van der Waals surface area contributed by atoms with E-state index in [-0.39, 0.29) is 21.6 Å². The molecule has 120 valence electrons. The number of aliphatic imine (C=N–C) groups is 1. The van der Waals surface area contributed by atoms with Gasteiger partial charge in [-0.1, -0.05) is 36.4 Å². The molecule has 23 heavy (non-hydrogen) atoms. The molecule has 0 radical (unpaired) electrons. The third-order valence-corrected chi connectivity index (χ3v) is 4.82. The molecule has 0 bridgehead atoms. The highest BCUT2D eigenvalue weighted by atomic mass is 127. The Morgan fingerprint density at radius 3 is 2.39 bits per heavy atom. The molecule has 2 aromatic rings. The van der Waals surface area contributed by atoms with Gasteiger partial charge in [0, 0.05) is 3.57 Å². The molecule has 3 rings (SSSR count). The van der Waals surface area contributed by atoms with Crippen molar-refractivity contribution in [3.63, 3.8) is 0 Å². The van der Waals surface area contributed by atoms with Crippen LogP contribution in [0.1, 0.15) is 29.7 Å². The third-order valence-electron chi connectivity index (χ3n) is 3.66. The fourth-order valence-corrected chi connectivity index (χ4v) is 3.44. The van der Waals surface area contributed by atoms with E-state index in [1.54, 1.807) is 28.7 Å². The molecule has 2 atom stereocenters. The van der Waals surface area contributed by atoms with Crippen LogP contribution in [0.15, 0.2) is 53.5 Å². The minimum Gasteiger partial charge on any atom is -0.467 e. The standard InChI is InChI=1S/C17H13F3INO/c1-10-15(11-6-3-2-4-7-11)23-16(22-10)12-8-5-9-13(14(12)21)17(18,19)20/h2-10,15H,1H3/t10-,15+/m0/s1. The van der Waals surface area contributed by atoms with E-state index in [4.69, 9.17) is 4.74 Å². The van der Waals surface area contributed by atoms with Crippen LogP contribution >= 0.6 is 22.6 Å². The highest BCUT2D eigenvalue weighted by molar-refractivity contribution is 14.1. The Morgan fingerprint density at radius 1 is 1.04 bits per heavy atom. The SMILES string of the molecule is C[C@@H]1N=C(c2cccc(C(F)(F)F)c2I)O[C@H]1c1ccccc1. The number of rotatable bonds is 2. The van der Waals surface area contributed by atoms with E-state index in [1.165, 1.54) is 6.07 Å². The van der Waals surface area contributed by atoms with E-state index in [0.717, 1.165) is 11.6 Å². The number of hydrogen-bond donors (Lipinski definition) is 0.